The minimum Gasteiger partial charge on any atom is -0.370 e. The van der Waals surface area contributed by atoms with Crippen molar-refractivity contribution in [3.63, 3.8) is 0 Å². The number of aromatic nitrogens is 3. The van der Waals surface area contributed by atoms with Gasteiger partial charge in [0.05, 0.1) is 0 Å². The monoisotopic (exact) mass is 284 g/mol. The highest BCUT2D eigenvalue weighted by Crippen LogP contribution is 2.24. The summed E-state index contributed by atoms with van der Waals surface area (Å²) in [4.78, 5) is 8.58. The van der Waals surface area contributed by atoms with Crippen molar-refractivity contribution < 1.29 is 0 Å². The molecule has 0 bridgehead atoms. The minimum atomic E-state index is 0.391. The number of guanidine groups is 1. The molecule has 4 N–H and O–H groups in total. The Bertz CT molecular complexity index is 658. The van der Waals surface area contributed by atoms with Crippen LogP contribution < -0.4 is 11.1 Å². The van der Waals surface area contributed by atoms with Gasteiger partial charge in [-0.3, -0.25) is 5.10 Å². The van der Waals surface area contributed by atoms with Gasteiger partial charge in [0.2, 0.25) is 0 Å². The normalized spacial score (nSPS) is 14.2. The van der Waals surface area contributed by atoms with E-state index >= 15 is 0 Å². The van der Waals surface area contributed by atoms with Crippen molar-refractivity contribution >= 4 is 11.6 Å². The molecule has 1 heterocycles. The highest BCUT2D eigenvalue weighted by atomic mass is 15.2. The average molecular weight is 284 g/mol. The summed E-state index contributed by atoms with van der Waals surface area (Å²) >= 11 is 0. The summed E-state index contributed by atoms with van der Waals surface area (Å²) in [7, 11) is 0. The van der Waals surface area contributed by atoms with Crippen LogP contribution in [-0.2, 0) is 25.8 Å². The van der Waals surface area contributed by atoms with Crippen molar-refractivity contribution in [3.05, 3.63) is 41.0 Å². The number of rotatable bonds is 4. The topological polar surface area (TPSA) is 92.0 Å². The molecule has 1 aliphatic carbocycles. The van der Waals surface area contributed by atoms with Crippen molar-refractivity contribution in [2.24, 2.45) is 10.7 Å². The fourth-order valence-corrected chi connectivity index (χ4v) is 2.56. The summed E-state index contributed by atoms with van der Waals surface area (Å²) in [6.07, 6.45) is 4.39. The first-order valence-electron chi connectivity index (χ1n) is 7.33. The second-order valence-electron chi connectivity index (χ2n) is 5.22. The van der Waals surface area contributed by atoms with Crippen molar-refractivity contribution in [2.75, 3.05) is 5.32 Å². The summed E-state index contributed by atoms with van der Waals surface area (Å²) in [6, 6.07) is 6.38. The molecule has 3 rings (SSSR count). The molecule has 6 heteroatoms. The van der Waals surface area contributed by atoms with Crippen LogP contribution in [0.25, 0.3) is 0 Å². The highest BCUT2D eigenvalue weighted by Gasteiger charge is 2.10. The first kappa shape index (κ1) is 13.6. The maximum absolute atomic E-state index is 5.91. The SMILES string of the molecule is CCc1n[nH]c(CN=C(N)Nc2ccc3c(c2)CCC3)n1. The van der Waals surface area contributed by atoms with Crippen LogP contribution in [0.4, 0.5) is 5.69 Å². The molecule has 0 aliphatic heterocycles. The molecule has 1 aliphatic rings. The number of nitrogens with two attached hydrogens (primary N) is 1. The first-order chi connectivity index (χ1) is 10.2. The largest absolute Gasteiger partial charge is 0.370 e. The van der Waals surface area contributed by atoms with Crippen LogP contribution in [0.1, 0.15) is 36.1 Å². The highest BCUT2D eigenvalue weighted by molar-refractivity contribution is 5.92. The van der Waals surface area contributed by atoms with Crippen molar-refractivity contribution in [2.45, 2.75) is 39.2 Å². The third kappa shape index (κ3) is 3.21. The predicted octanol–water partition coefficient (Wildman–Crippen LogP) is 1.78. The molecule has 21 heavy (non-hydrogen) atoms. The fraction of sp³-hybridized carbons (Fsp3) is 0.400. The molecule has 0 radical (unpaired) electrons. The standard InChI is InChI=1S/C15H20N6/c1-2-13-19-14(21-20-13)9-17-15(16)18-12-7-6-10-4-3-5-11(10)8-12/h6-8H,2-5,9H2,1H3,(H3,16,17,18)(H,19,20,21). The fourth-order valence-electron chi connectivity index (χ4n) is 2.56. The van der Waals surface area contributed by atoms with Gasteiger partial charge in [-0.2, -0.15) is 5.10 Å². The van der Waals surface area contributed by atoms with Gasteiger partial charge >= 0.3 is 0 Å². The van der Waals surface area contributed by atoms with Crippen molar-refractivity contribution in [1.82, 2.24) is 15.2 Å². The van der Waals surface area contributed by atoms with E-state index in [1.807, 2.05) is 6.92 Å². The molecule has 0 spiro atoms. The lowest BCUT2D eigenvalue weighted by molar-refractivity contribution is 0.911. The molecule has 2 aromatic rings. The molecule has 110 valence electrons. The number of H-pyrrole nitrogens is 1. The lowest BCUT2D eigenvalue weighted by Gasteiger charge is -2.07. The molecule has 0 unspecified atom stereocenters. The molecular formula is C15H20N6. The van der Waals surface area contributed by atoms with Gasteiger partial charge in [-0.1, -0.05) is 13.0 Å². The number of aliphatic imine (C=N–C) groups is 1. The molecule has 0 atom stereocenters. The van der Waals surface area contributed by atoms with E-state index in [-0.39, 0.29) is 0 Å². The smallest absolute Gasteiger partial charge is 0.193 e. The van der Waals surface area contributed by atoms with Crippen molar-refractivity contribution in [1.29, 1.82) is 0 Å². The van der Waals surface area contributed by atoms with Crippen LogP contribution >= 0.6 is 0 Å². The maximum atomic E-state index is 5.91. The molecule has 1 aromatic heterocycles. The second kappa shape index (κ2) is 5.95. The van der Waals surface area contributed by atoms with E-state index in [0.29, 0.717) is 12.5 Å². The van der Waals surface area contributed by atoms with Gasteiger partial charge in [-0.25, -0.2) is 9.98 Å². The van der Waals surface area contributed by atoms with Crippen LogP contribution in [0.2, 0.25) is 0 Å². The van der Waals surface area contributed by atoms with E-state index < -0.39 is 0 Å². The third-order valence-electron chi connectivity index (χ3n) is 3.66. The maximum Gasteiger partial charge on any atom is 0.193 e. The Morgan fingerprint density at radius 2 is 2.24 bits per heavy atom. The van der Waals surface area contributed by atoms with E-state index in [1.165, 1.54) is 24.0 Å². The summed E-state index contributed by atoms with van der Waals surface area (Å²) in [5.41, 5.74) is 9.77. The number of fused-ring (bicyclic) bond motifs is 1. The Labute approximate surface area is 123 Å². The number of aromatic amines is 1. The summed E-state index contributed by atoms with van der Waals surface area (Å²) in [6.45, 7) is 2.41. The van der Waals surface area contributed by atoms with Gasteiger partial charge in [-0.15, -0.1) is 0 Å². The molecule has 6 nitrogen and oxygen atoms in total. The van der Waals surface area contributed by atoms with Crippen LogP contribution in [0.5, 0.6) is 0 Å². The van der Waals surface area contributed by atoms with Crippen LogP contribution in [0, 0.1) is 0 Å². The number of nitrogens with one attached hydrogen (secondary N) is 2. The Morgan fingerprint density at radius 1 is 1.38 bits per heavy atom. The van der Waals surface area contributed by atoms with Gasteiger partial charge in [0, 0.05) is 12.1 Å². The molecule has 0 amide bonds. The molecule has 0 fully saturated rings. The Kier molecular flexibility index (Phi) is 3.85. The lowest BCUT2D eigenvalue weighted by atomic mass is 10.1. The Hall–Kier alpha value is -2.37. The average Bonchev–Trinajstić information content (AvgIpc) is 3.13. The second-order valence-corrected chi connectivity index (χ2v) is 5.22. The van der Waals surface area contributed by atoms with Gasteiger partial charge < -0.3 is 11.1 Å². The third-order valence-corrected chi connectivity index (χ3v) is 3.66. The number of nitrogens with zero attached hydrogens (tertiary/aromatic N) is 3. The predicted molar refractivity (Wildman–Crippen MR) is 83.2 cm³/mol. The van der Waals surface area contributed by atoms with Crippen LogP contribution in [0.15, 0.2) is 23.2 Å². The molecular weight excluding hydrogens is 264 g/mol. The number of benzene rings is 1. The molecule has 0 saturated heterocycles. The number of hydrogen-bond donors (Lipinski definition) is 3. The Morgan fingerprint density at radius 3 is 3.05 bits per heavy atom. The van der Waals surface area contributed by atoms with E-state index in [0.717, 1.165) is 30.2 Å². The van der Waals surface area contributed by atoms with Crippen molar-refractivity contribution in [3.8, 4) is 0 Å². The van der Waals surface area contributed by atoms with Crippen LogP contribution in [-0.4, -0.2) is 21.1 Å². The van der Waals surface area contributed by atoms with E-state index in [4.69, 9.17) is 5.73 Å². The van der Waals surface area contributed by atoms with E-state index in [2.05, 4.69) is 43.7 Å². The zero-order valence-electron chi connectivity index (χ0n) is 12.2. The zero-order valence-corrected chi connectivity index (χ0v) is 12.2. The van der Waals surface area contributed by atoms with Gasteiger partial charge in [0.15, 0.2) is 11.8 Å². The zero-order chi connectivity index (χ0) is 14.7. The first-order valence-corrected chi connectivity index (χ1v) is 7.33. The summed E-state index contributed by atoms with van der Waals surface area (Å²) < 4.78 is 0. The Balaban J connectivity index is 1.62. The number of hydrogen-bond acceptors (Lipinski definition) is 3. The molecule has 1 aromatic carbocycles. The van der Waals surface area contributed by atoms with Gasteiger partial charge in [0.1, 0.15) is 12.4 Å². The van der Waals surface area contributed by atoms with E-state index in [9.17, 15) is 0 Å². The minimum absolute atomic E-state index is 0.391. The van der Waals surface area contributed by atoms with Gasteiger partial charge in [0.25, 0.3) is 0 Å². The van der Waals surface area contributed by atoms with Crippen LogP contribution in [0.3, 0.4) is 0 Å². The number of aryl methyl sites for hydroxylation is 3. The van der Waals surface area contributed by atoms with E-state index in [1.54, 1.807) is 0 Å². The van der Waals surface area contributed by atoms with Gasteiger partial charge in [-0.05, 0) is 42.5 Å². The summed E-state index contributed by atoms with van der Waals surface area (Å²) in [5.74, 6) is 1.92. The lowest BCUT2D eigenvalue weighted by Crippen LogP contribution is -2.22. The quantitative estimate of drug-likeness (QED) is 0.589. The summed E-state index contributed by atoms with van der Waals surface area (Å²) in [5, 5.41) is 10.1. The molecule has 0 saturated carbocycles. The number of anilines is 1.